The molecule has 0 aromatic heterocycles. The zero-order valence-electron chi connectivity index (χ0n) is 16.1. The molecule has 2 aromatic carbocycles. The fourth-order valence-electron chi connectivity index (χ4n) is 3.40. The molecule has 7 heteroatoms. The Labute approximate surface area is 170 Å². The van der Waals surface area contributed by atoms with Gasteiger partial charge in [0.15, 0.2) is 6.04 Å². The second kappa shape index (κ2) is 9.08. The third-order valence-electron chi connectivity index (χ3n) is 5.14. The lowest BCUT2D eigenvalue weighted by Crippen LogP contribution is -3.19. The maximum atomic E-state index is 12.7. The first kappa shape index (κ1) is 20.2. The second-order valence-electron chi connectivity index (χ2n) is 6.87. The van der Waals surface area contributed by atoms with Crippen LogP contribution in [0.1, 0.15) is 17.3 Å². The van der Waals surface area contributed by atoms with E-state index in [0.717, 1.165) is 18.0 Å². The van der Waals surface area contributed by atoms with Gasteiger partial charge in [0.05, 0.1) is 39.0 Å². The molecule has 2 N–H and O–H groups in total. The lowest BCUT2D eigenvalue weighted by molar-refractivity contribution is -0.917. The molecule has 1 fully saturated rings. The van der Waals surface area contributed by atoms with Crippen LogP contribution in [0.5, 0.6) is 5.75 Å². The highest BCUT2D eigenvalue weighted by molar-refractivity contribution is 6.31. The Morgan fingerprint density at radius 3 is 2.46 bits per heavy atom. The molecule has 1 atom stereocenters. The number of halogens is 1. The van der Waals surface area contributed by atoms with Gasteiger partial charge in [0, 0.05) is 10.6 Å². The number of piperazine rings is 1. The zero-order chi connectivity index (χ0) is 20.1. The van der Waals surface area contributed by atoms with Crippen LogP contribution in [0.3, 0.4) is 0 Å². The Balaban J connectivity index is 1.57. The fraction of sp³-hybridized carbons (Fsp3) is 0.333. The number of hydrogen-bond donors (Lipinski definition) is 2. The van der Waals surface area contributed by atoms with Crippen LogP contribution < -0.4 is 15.0 Å². The first-order valence-electron chi connectivity index (χ1n) is 9.33. The average Bonchev–Trinajstić information content (AvgIpc) is 2.73. The summed E-state index contributed by atoms with van der Waals surface area (Å²) < 4.78 is 5.28. The van der Waals surface area contributed by atoms with Crippen molar-refractivity contribution in [2.45, 2.75) is 13.0 Å². The minimum Gasteiger partial charge on any atom is -0.495 e. The summed E-state index contributed by atoms with van der Waals surface area (Å²) in [6.07, 6.45) is 0. The molecule has 0 saturated carbocycles. The van der Waals surface area contributed by atoms with Crippen LogP contribution in [0.4, 0.5) is 5.69 Å². The quantitative estimate of drug-likeness (QED) is 0.800. The van der Waals surface area contributed by atoms with Crippen LogP contribution >= 0.6 is 11.6 Å². The predicted molar refractivity (Wildman–Crippen MR) is 109 cm³/mol. The topological polar surface area (TPSA) is 63.1 Å². The third-order valence-corrected chi connectivity index (χ3v) is 5.37. The average molecular weight is 403 g/mol. The van der Waals surface area contributed by atoms with Gasteiger partial charge in [-0.1, -0.05) is 29.8 Å². The number of benzene rings is 2. The van der Waals surface area contributed by atoms with E-state index in [4.69, 9.17) is 16.3 Å². The van der Waals surface area contributed by atoms with Crippen molar-refractivity contribution in [3.05, 3.63) is 59.1 Å². The van der Waals surface area contributed by atoms with Crippen molar-refractivity contribution in [1.82, 2.24) is 4.90 Å². The highest BCUT2D eigenvalue weighted by Crippen LogP contribution is 2.27. The molecule has 2 amide bonds. The maximum absolute atomic E-state index is 12.7. The minimum absolute atomic E-state index is 0.0421. The fourth-order valence-corrected chi connectivity index (χ4v) is 3.57. The van der Waals surface area contributed by atoms with E-state index in [-0.39, 0.29) is 17.9 Å². The summed E-state index contributed by atoms with van der Waals surface area (Å²) in [5.74, 6) is 0.511. The van der Waals surface area contributed by atoms with Crippen LogP contribution in [-0.2, 0) is 4.79 Å². The third kappa shape index (κ3) is 4.64. The van der Waals surface area contributed by atoms with Gasteiger partial charge in [0.2, 0.25) is 0 Å². The molecular formula is C21H25ClN3O3+. The van der Waals surface area contributed by atoms with Gasteiger partial charge in [-0.3, -0.25) is 9.59 Å². The van der Waals surface area contributed by atoms with Crippen molar-refractivity contribution < 1.29 is 19.2 Å². The minimum atomic E-state index is -0.252. The number of rotatable bonds is 5. The van der Waals surface area contributed by atoms with Crippen molar-refractivity contribution in [3.63, 3.8) is 0 Å². The van der Waals surface area contributed by atoms with E-state index in [1.807, 2.05) is 42.2 Å². The van der Waals surface area contributed by atoms with E-state index in [1.54, 1.807) is 25.3 Å². The van der Waals surface area contributed by atoms with Gasteiger partial charge in [0.1, 0.15) is 5.75 Å². The summed E-state index contributed by atoms with van der Waals surface area (Å²) in [4.78, 5) is 28.3. The molecule has 0 radical (unpaired) electrons. The van der Waals surface area contributed by atoms with E-state index >= 15 is 0 Å². The van der Waals surface area contributed by atoms with Gasteiger partial charge in [-0.25, -0.2) is 0 Å². The number of carbonyl (C=O) groups excluding carboxylic acids is 2. The number of anilines is 1. The summed E-state index contributed by atoms with van der Waals surface area (Å²) in [7, 11) is 1.55. The van der Waals surface area contributed by atoms with E-state index < -0.39 is 0 Å². The molecule has 6 nitrogen and oxygen atoms in total. The predicted octanol–water partition coefficient (Wildman–Crippen LogP) is 1.72. The molecule has 0 bridgehead atoms. The monoisotopic (exact) mass is 402 g/mol. The molecule has 0 aliphatic carbocycles. The number of amides is 2. The lowest BCUT2D eigenvalue weighted by atomic mass is 10.1. The summed E-state index contributed by atoms with van der Waals surface area (Å²) in [6.45, 7) is 4.60. The SMILES string of the molecule is COc1ccc(Cl)cc1NC(=O)[C@@H](C)[NH+]1CCN(C(=O)c2ccccc2)CC1. The molecule has 1 heterocycles. The molecule has 28 heavy (non-hydrogen) atoms. The van der Waals surface area contributed by atoms with Crippen molar-refractivity contribution in [2.75, 3.05) is 38.6 Å². The maximum Gasteiger partial charge on any atom is 0.282 e. The zero-order valence-corrected chi connectivity index (χ0v) is 16.8. The van der Waals surface area contributed by atoms with Crippen LogP contribution in [-0.4, -0.2) is 56.0 Å². The summed E-state index contributed by atoms with van der Waals surface area (Å²) in [6, 6.07) is 14.2. The number of nitrogens with one attached hydrogen (secondary N) is 2. The van der Waals surface area contributed by atoms with Crippen molar-refractivity contribution in [1.29, 1.82) is 0 Å². The molecule has 1 aliphatic rings. The molecular weight excluding hydrogens is 378 g/mol. The Hall–Kier alpha value is -2.57. The Bertz CT molecular complexity index is 836. The standard InChI is InChI=1S/C21H24ClN3O3/c1-15(20(26)23-18-14-17(22)8-9-19(18)28-2)24-10-12-25(13-11-24)21(27)16-6-4-3-5-7-16/h3-9,14-15H,10-13H2,1-2H3,(H,23,26)/p+1/t15-/m1/s1. The molecule has 0 spiro atoms. The highest BCUT2D eigenvalue weighted by atomic mass is 35.5. The lowest BCUT2D eigenvalue weighted by Gasteiger charge is -2.34. The van der Waals surface area contributed by atoms with Gasteiger partial charge >= 0.3 is 0 Å². The number of ether oxygens (including phenoxy) is 1. The van der Waals surface area contributed by atoms with Crippen molar-refractivity contribution in [2.24, 2.45) is 0 Å². The number of hydrogen-bond acceptors (Lipinski definition) is 3. The van der Waals surface area contributed by atoms with Crippen molar-refractivity contribution >= 4 is 29.1 Å². The van der Waals surface area contributed by atoms with Crippen LogP contribution in [0, 0.1) is 0 Å². The normalized spacial score (nSPS) is 15.8. The van der Waals surface area contributed by atoms with Gasteiger partial charge in [-0.15, -0.1) is 0 Å². The number of nitrogens with zero attached hydrogens (tertiary/aromatic N) is 1. The van der Waals surface area contributed by atoms with Crippen LogP contribution in [0.2, 0.25) is 5.02 Å². The smallest absolute Gasteiger partial charge is 0.282 e. The molecule has 1 aliphatic heterocycles. The van der Waals surface area contributed by atoms with E-state index in [0.29, 0.717) is 35.1 Å². The Kier molecular flexibility index (Phi) is 6.54. The molecule has 2 aromatic rings. The van der Waals surface area contributed by atoms with Gasteiger partial charge in [0.25, 0.3) is 11.8 Å². The Morgan fingerprint density at radius 1 is 1.14 bits per heavy atom. The number of methoxy groups -OCH3 is 1. The van der Waals surface area contributed by atoms with Gasteiger partial charge < -0.3 is 19.9 Å². The van der Waals surface area contributed by atoms with E-state index in [1.165, 1.54) is 0 Å². The number of carbonyl (C=O) groups is 2. The highest BCUT2D eigenvalue weighted by Gasteiger charge is 2.31. The summed E-state index contributed by atoms with van der Waals surface area (Å²) >= 11 is 6.03. The second-order valence-corrected chi connectivity index (χ2v) is 7.31. The molecule has 3 rings (SSSR count). The molecule has 148 valence electrons. The van der Waals surface area contributed by atoms with Crippen LogP contribution in [0.25, 0.3) is 0 Å². The largest absolute Gasteiger partial charge is 0.495 e. The summed E-state index contributed by atoms with van der Waals surface area (Å²) in [5, 5.41) is 3.44. The summed E-state index contributed by atoms with van der Waals surface area (Å²) in [5.41, 5.74) is 1.26. The molecule has 0 unspecified atom stereocenters. The van der Waals surface area contributed by atoms with Gasteiger partial charge in [-0.05, 0) is 37.3 Å². The van der Waals surface area contributed by atoms with E-state index in [2.05, 4.69) is 5.32 Å². The van der Waals surface area contributed by atoms with Crippen molar-refractivity contribution in [3.8, 4) is 5.75 Å². The first-order chi connectivity index (χ1) is 13.5. The van der Waals surface area contributed by atoms with E-state index in [9.17, 15) is 9.59 Å². The first-order valence-corrected chi connectivity index (χ1v) is 9.70. The van der Waals surface area contributed by atoms with Crippen LogP contribution in [0.15, 0.2) is 48.5 Å². The van der Waals surface area contributed by atoms with Gasteiger partial charge in [-0.2, -0.15) is 0 Å². The Morgan fingerprint density at radius 2 is 1.82 bits per heavy atom. The number of quaternary nitrogens is 1. The molecule has 1 saturated heterocycles.